The van der Waals surface area contributed by atoms with E-state index in [1.807, 2.05) is 41.0 Å². The summed E-state index contributed by atoms with van der Waals surface area (Å²) in [4.78, 5) is 12.6. The lowest BCUT2D eigenvalue weighted by Gasteiger charge is -2.13. The molecule has 1 atom stereocenters. The molecule has 4 heteroatoms. The van der Waals surface area contributed by atoms with E-state index in [2.05, 4.69) is 32.9 Å². The number of hydrogen-bond donors (Lipinski definition) is 0. The van der Waals surface area contributed by atoms with Crippen LogP contribution in [-0.4, -0.2) is 10.4 Å². The van der Waals surface area contributed by atoms with Gasteiger partial charge in [-0.2, -0.15) is 0 Å². The molecule has 1 heterocycles. The van der Waals surface area contributed by atoms with Gasteiger partial charge in [-0.25, -0.2) is 9.13 Å². The maximum absolute atomic E-state index is 12.6. The summed E-state index contributed by atoms with van der Waals surface area (Å²) in [5.74, 6) is 0.279. The van der Waals surface area contributed by atoms with E-state index in [0.717, 1.165) is 6.42 Å². The molecule has 0 bridgehead atoms. The zero-order valence-corrected chi connectivity index (χ0v) is 14.7. The van der Waals surface area contributed by atoms with E-state index in [1.54, 1.807) is 0 Å². The van der Waals surface area contributed by atoms with Crippen LogP contribution in [0.5, 0.6) is 0 Å². The molecule has 0 amide bonds. The summed E-state index contributed by atoms with van der Waals surface area (Å²) in [5, 5.41) is 0. The van der Waals surface area contributed by atoms with Gasteiger partial charge in [-0.3, -0.25) is 4.79 Å². The maximum Gasteiger partial charge on any atom is 0.244 e. The van der Waals surface area contributed by atoms with Crippen LogP contribution in [0.25, 0.3) is 0 Å². The lowest BCUT2D eigenvalue weighted by Crippen LogP contribution is -3.00. The molecule has 0 fully saturated rings. The summed E-state index contributed by atoms with van der Waals surface area (Å²) in [5.41, 5.74) is 3.57. The summed E-state index contributed by atoms with van der Waals surface area (Å²) in [6.07, 6.45) is 7.24. The highest BCUT2D eigenvalue weighted by atomic mass is 79.9. The van der Waals surface area contributed by atoms with Crippen molar-refractivity contribution in [2.24, 2.45) is 7.05 Å². The molecule has 0 radical (unpaired) electrons. The second kappa shape index (κ2) is 7.55. The van der Waals surface area contributed by atoms with Gasteiger partial charge in [0.25, 0.3) is 0 Å². The number of aromatic nitrogens is 2. The van der Waals surface area contributed by atoms with Crippen molar-refractivity contribution in [1.29, 1.82) is 0 Å². The number of rotatable bonds is 5. The highest BCUT2D eigenvalue weighted by Gasteiger charge is 2.24. The second-order valence-electron chi connectivity index (χ2n) is 5.46. The molecular weight excluding hydrogens is 328 g/mol. The van der Waals surface area contributed by atoms with Gasteiger partial charge in [-0.05, 0) is 37.0 Å². The maximum atomic E-state index is 12.6. The van der Waals surface area contributed by atoms with E-state index >= 15 is 0 Å². The molecule has 2 rings (SSSR count). The van der Waals surface area contributed by atoms with Gasteiger partial charge in [0.2, 0.25) is 6.33 Å². The first-order chi connectivity index (χ1) is 9.52. The highest BCUT2D eigenvalue weighted by Crippen LogP contribution is 2.19. The molecule has 21 heavy (non-hydrogen) atoms. The molecule has 0 N–H and O–H groups in total. The predicted octanol–water partition coefficient (Wildman–Crippen LogP) is -0.304. The number of halogens is 1. The molecule has 114 valence electrons. The average molecular weight is 351 g/mol. The topological polar surface area (TPSA) is 25.9 Å². The Morgan fingerprint density at radius 3 is 2.38 bits per heavy atom. The van der Waals surface area contributed by atoms with Crippen molar-refractivity contribution in [3.05, 3.63) is 53.6 Å². The number of carbonyl (C=O) groups is 1. The van der Waals surface area contributed by atoms with Crippen molar-refractivity contribution in [2.75, 3.05) is 0 Å². The van der Waals surface area contributed by atoms with Crippen LogP contribution in [0.1, 0.15) is 36.1 Å². The Balaban J connectivity index is 0.00000220. The normalized spacial score (nSPS) is 11.8. The summed E-state index contributed by atoms with van der Waals surface area (Å²) in [6, 6.07) is 6.12. The van der Waals surface area contributed by atoms with Gasteiger partial charge in [0.15, 0.2) is 11.8 Å². The lowest BCUT2D eigenvalue weighted by atomic mass is 9.95. The fourth-order valence-corrected chi connectivity index (χ4v) is 2.68. The van der Waals surface area contributed by atoms with Crippen molar-refractivity contribution in [3.8, 4) is 0 Å². The number of imidazole rings is 1. The van der Waals surface area contributed by atoms with Crippen LogP contribution < -0.4 is 21.5 Å². The Kier molecular flexibility index (Phi) is 6.34. The molecule has 0 spiro atoms. The van der Waals surface area contributed by atoms with Gasteiger partial charge in [0, 0.05) is 6.42 Å². The molecule has 1 aromatic heterocycles. The number of nitrogens with zero attached hydrogens (tertiary/aromatic N) is 2. The Morgan fingerprint density at radius 1 is 1.29 bits per heavy atom. The molecule has 2 aromatic rings. The van der Waals surface area contributed by atoms with Crippen molar-refractivity contribution in [3.63, 3.8) is 0 Å². The standard InChI is InChI=1S/C17H23N2O.BrH/c1-5-16(19-10-9-18(4)12-19)17(20)11-15-13(2)7-6-8-14(15)3;/h6-10,12,16H,5,11H2,1-4H3;1H/q+1;/p-1. The van der Waals surface area contributed by atoms with E-state index in [-0.39, 0.29) is 28.8 Å². The third kappa shape index (κ3) is 4.03. The van der Waals surface area contributed by atoms with Gasteiger partial charge in [-0.15, -0.1) is 0 Å². The smallest absolute Gasteiger partial charge is 0.244 e. The second-order valence-corrected chi connectivity index (χ2v) is 5.46. The third-order valence-electron chi connectivity index (χ3n) is 3.90. The van der Waals surface area contributed by atoms with Crippen LogP contribution in [0, 0.1) is 13.8 Å². The van der Waals surface area contributed by atoms with E-state index in [0.29, 0.717) is 6.42 Å². The van der Waals surface area contributed by atoms with E-state index < -0.39 is 0 Å². The average Bonchev–Trinajstić information content (AvgIpc) is 2.81. The fourth-order valence-electron chi connectivity index (χ4n) is 2.68. The number of ketones is 1. The molecule has 3 nitrogen and oxygen atoms in total. The van der Waals surface area contributed by atoms with E-state index in [9.17, 15) is 4.79 Å². The molecule has 0 aliphatic heterocycles. The van der Waals surface area contributed by atoms with Crippen LogP contribution in [0.15, 0.2) is 36.9 Å². The minimum Gasteiger partial charge on any atom is -1.00 e. The monoisotopic (exact) mass is 350 g/mol. The first-order valence-electron chi connectivity index (χ1n) is 7.13. The first kappa shape index (κ1) is 17.6. The molecule has 0 saturated heterocycles. The van der Waals surface area contributed by atoms with Crippen LogP contribution in [0.4, 0.5) is 0 Å². The van der Waals surface area contributed by atoms with Gasteiger partial charge >= 0.3 is 0 Å². The molecule has 1 unspecified atom stereocenters. The van der Waals surface area contributed by atoms with Gasteiger partial charge in [0.1, 0.15) is 12.4 Å². The van der Waals surface area contributed by atoms with Crippen molar-refractivity contribution < 1.29 is 26.3 Å². The molecule has 1 aromatic carbocycles. The van der Waals surface area contributed by atoms with Gasteiger partial charge < -0.3 is 17.0 Å². The van der Waals surface area contributed by atoms with Crippen LogP contribution in [0.2, 0.25) is 0 Å². The minimum absolute atomic E-state index is 0. The largest absolute Gasteiger partial charge is 1.00 e. The van der Waals surface area contributed by atoms with Crippen molar-refractivity contribution >= 4 is 5.78 Å². The van der Waals surface area contributed by atoms with Gasteiger partial charge in [-0.1, -0.05) is 25.1 Å². The van der Waals surface area contributed by atoms with Crippen molar-refractivity contribution in [2.45, 2.75) is 39.7 Å². The quantitative estimate of drug-likeness (QED) is 0.679. The fraction of sp³-hybridized carbons (Fsp3) is 0.412. The zero-order chi connectivity index (χ0) is 14.7. The molecular formula is C17H23BrN2O. The minimum atomic E-state index is -0.0739. The van der Waals surface area contributed by atoms with Crippen LogP contribution >= 0.6 is 0 Å². The third-order valence-corrected chi connectivity index (χ3v) is 3.90. The molecule has 0 aliphatic rings. The number of Topliss-reactive ketones (excluding diaryl/α,β-unsaturated/α-hetero) is 1. The number of carbonyl (C=O) groups excluding carboxylic acids is 1. The predicted molar refractivity (Wildman–Crippen MR) is 79.6 cm³/mol. The van der Waals surface area contributed by atoms with Gasteiger partial charge in [0.05, 0.1) is 7.05 Å². The highest BCUT2D eigenvalue weighted by molar-refractivity contribution is 5.85. The molecule has 0 aliphatic carbocycles. The Hall–Kier alpha value is -1.42. The Labute approximate surface area is 137 Å². The van der Waals surface area contributed by atoms with Crippen LogP contribution in [-0.2, 0) is 18.3 Å². The summed E-state index contributed by atoms with van der Waals surface area (Å²) < 4.78 is 3.98. The number of aryl methyl sites for hydroxylation is 3. The number of hydrogen-bond acceptors (Lipinski definition) is 1. The summed E-state index contributed by atoms with van der Waals surface area (Å²) >= 11 is 0. The summed E-state index contributed by atoms with van der Waals surface area (Å²) in [7, 11) is 1.97. The zero-order valence-electron chi connectivity index (χ0n) is 13.1. The SMILES string of the molecule is CCC(C(=O)Cc1c(C)cccc1C)n1cc[n+](C)c1.[Br-]. The summed E-state index contributed by atoms with van der Waals surface area (Å²) in [6.45, 7) is 6.21. The van der Waals surface area contributed by atoms with E-state index in [1.165, 1.54) is 16.7 Å². The molecule has 0 saturated carbocycles. The van der Waals surface area contributed by atoms with Crippen LogP contribution in [0.3, 0.4) is 0 Å². The Bertz CT molecular complexity index is 599. The lowest BCUT2D eigenvalue weighted by molar-refractivity contribution is -0.671. The van der Waals surface area contributed by atoms with E-state index in [4.69, 9.17) is 0 Å². The Morgan fingerprint density at radius 2 is 1.90 bits per heavy atom. The number of benzene rings is 1. The first-order valence-corrected chi connectivity index (χ1v) is 7.13. The van der Waals surface area contributed by atoms with Crippen molar-refractivity contribution in [1.82, 2.24) is 4.57 Å².